The van der Waals surface area contributed by atoms with E-state index in [0.29, 0.717) is 6.42 Å². The molecule has 0 saturated heterocycles. The van der Waals surface area contributed by atoms with Gasteiger partial charge in [-0.3, -0.25) is 4.79 Å². The van der Waals surface area contributed by atoms with Gasteiger partial charge in [-0.05, 0) is 19.4 Å². The minimum atomic E-state index is -0.0288. The highest BCUT2D eigenvalue weighted by atomic mass is 35.5. The topological polar surface area (TPSA) is 63.6 Å². The molecule has 0 fully saturated rings. The van der Waals surface area contributed by atoms with Gasteiger partial charge in [-0.15, -0.1) is 12.4 Å². The van der Waals surface area contributed by atoms with Gasteiger partial charge < -0.3 is 4.98 Å². The van der Waals surface area contributed by atoms with Crippen LogP contribution in [0.3, 0.4) is 0 Å². The van der Waals surface area contributed by atoms with E-state index in [4.69, 9.17) is 0 Å². The molecule has 0 amide bonds. The predicted octanol–water partition coefficient (Wildman–Crippen LogP) is 1.25. The fraction of sp³-hybridized carbons (Fsp3) is 0.300. The van der Waals surface area contributed by atoms with Gasteiger partial charge in [0, 0.05) is 11.3 Å². The van der Waals surface area contributed by atoms with E-state index >= 15 is 0 Å². The smallest absolute Gasteiger partial charge is 0.251 e. The van der Waals surface area contributed by atoms with Crippen molar-refractivity contribution in [3.63, 3.8) is 0 Å². The number of nitrogens with zero attached hydrogens (tertiary/aromatic N) is 3. The first-order valence-corrected chi connectivity index (χ1v) is 4.80. The molecule has 0 radical (unpaired) electrons. The van der Waals surface area contributed by atoms with Crippen molar-refractivity contribution in [1.82, 2.24) is 19.7 Å². The molecule has 2 aromatic heterocycles. The molecule has 0 aliphatic heterocycles. The zero-order valence-electron chi connectivity index (χ0n) is 9.10. The summed E-state index contributed by atoms with van der Waals surface area (Å²) < 4.78 is 1.64. The minimum absolute atomic E-state index is 0. The van der Waals surface area contributed by atoms with Gasteiger partial charge in [0.25, 0.3) is 5.56 Å². The normalized spacial score (nSPS) is 9.88. The van der Waals surface area contributed by atoms with Gasteiger partial charge in [-0.25, -0.2) is 9.67 Å². The average molecular weight is 241 g/mol. The molecule has 0 bridgehead atoms. The van der Waals surface area contributed by atoms with Crippen LogP contribution in [0.2, 0.25) is 0 Å². The Balaban J connectivity index is 0.00000128. The first-order valence-electron chi connectivity index (χ1n) is 4.80. The monoisotopic (exact) mass is 240 g/mol. The number of pyridine rings is 1. The van der Waals surface area contributed by atoms with E-state index in [9.17, 15) is 4.79 Å². The van der Waals surface area contributed by atoms with E-state index in [0.717, 1.165) is 16.9 Å². The second kappa shape index (κ2) is 4.94. The Kier molecular flexibility index (Phi) is 3.84. The molecule has 0 unspecified atom stereocenters. The zero-order valence-corrected chi connectivity index (χ0v) is 9.91. The molecule has 0 saturated carbocycles. The maximum atomic E-state index is 11.5. The number of nitrogens with one attached hydrogen (secondary N) is 1. The van der Waals surface area contributed by atoms with Crippen LogP contribution in [0.4, 0.5) is 0 Å². The maximum absolute atomic E-state index is 11.5. The predicted molar refractivity (Wildman–Crippen MR) is 63.3 cm³/mol. The van der Waals surface area contributed by atoms with Gasteiger partial charge in [0.05, 0.1) is 5.69 Å². The molecule has 6 heteroatoms. The lowest BCUT2D eigenvalue weighted by Crippen LogP contribution is -2.15. The number of aryl methyl sites for hydroxylation is 2. The summed E-state index contributed by atoms with van der Waals surface area (Å²) in [7, 11) is 0. The van der Waals surface area contributed by atoms with Crippen molar-refractivity contribution in [1.29, 1.82) is 0 Å². The number of rotatable bonds is 2. The van der Waals surface area contributed by atoms with Crippen LogP contribution in [0.15, 0.2) is 23.5 Å². The van der Waals surface area contributed by atoms with E-state index in [1.54, 1.807) is 11.0 Å². The lowest BCUT2D eigenvalue weighted by molar-refractivity contribution is 0.849. The van der Waals surface area contributed by atoms with Crippen LogP contribution in [-0.2, 0) is 6.42 Å². The Morgan fingerprint density at radius 1 is 1.50 bits per heavy atom. The molecule has 0 aliphatic carbocycles. The number of halogens is 1. The van der Waals surface area contributed by atoms with Crippen molar-refractivity contribution in [2.45, 2.75) is 20.3 Å². The van der Waals surface area contributed by atoms with Crippen molar-refractivity contribution in [3.8, 4) is 5.69 Å². The van der Waals surface area contributed by atoms with Gasteiger partial charge in [0.2, 0.25) is 0 Å². The summed E-state index contributed by atoms with van der Waals surface area (Å²) in [6.07, 6.45) is 3.79. The Morgan fingerprint density at radius 2 is 2.25 bits per heavy atom. The summed E-state index contributed by atoms with van der Waals surface area (Å²) in [4.78, 5) is 18.2. The molecule has 16 heavy (non-hydrogen) atoms. The van der Waals surface area contributed by atoms with E-state index in [-0.39, 0.29) is 18.0 Å². The van der Waals surface area contributed by atoms with Crippen LogP contribution < -0.4 is 5.56 Å². The fourth-order valence-electron chi connectivity index (χ4n) is 1.49. The second-order valence-corrected chi connectivity index (χ2v) is 3.33. The number of hydrogen-bond acceptors (Lipinski definition) is 3. The Labute approximate surface area is 98.9 Å². The lowest BCUT2D eigenvalue weighted by Gasteiger charge is -2.06. The number of hydrogen-bond donors (Lipinski definition) is 1. The van der Waals surface area contributed by atoms with E-state index < -0.39 is 0 Å². The Hall–Kier alpha value is -1.62. The van der Waals surface area contributed by atoms with Crippen molar-refractivity contribution >= 4 is 12.4 Å². The molecule has 2 heterocycles. The number of H-pyrrole nitrogens is 1. The first kappa shape index (κ1) is 12.4. The van der Waals surface area contributed by atoms with Gasteiger partial charge in [-0.1, -0.05) is 6.92 Å². The molecule has 2 aromatic rings. The lowest BCUT2D eigenvalue weighted by atomic mass is 10.2. The molecule has 1 N–H and O–H groups in total. The summed E-state index contributed by atoms with van der Waals surface area (Å²) in [6, 6.07) is 1.85. The summed E-state index contributed by atoms with van der Waals surface area (Å²) in [5, 5.41) is 4.04. The summed E-state index contributed by atoms with van der Waals surface area (Å²) in [5.41, 5.74) is 2.39. The second-order valence-electron chi connectivity index (χ2n) is 3.33. The molecule has 0 spiro atoms. The van der Waals surface area contributed by atoms with Gasteiger partial charge in [-0.2, -0.15) is 5.10 Å². The van der Waals surface area contributed by atoms with Crippen LogP contribution >= 0.6 is 12.4 Å². The van der Waals surface area contributed by atoms with Crippen molar-refractivity contribution in [2.75, 3.05) is 0 Å². The summed E-state index contributed by atoms with van der Waals surface area (Å²) in [6.45, 7) is 3.79. The van der Waals surface area contributed by atoms with Gasteiger partial charge in [0.1, 0.15) is 12.7 Å². The largest absolute Gasteiger partial charge is 0.324 e. The van der Waals surface area contributed by atoms with Crippen molar-refractivity contribution in [3.05, 3.63) is 40.3 Å². The van der Waals surface area contributed by atoms with Crippen molar-refractivity contribution < 1.29 is 0 Å². The van der Waals surface area contributed by atoms with Gasteiger partial charge >= 0.3 is 0 Å². The van der Waals surface area contributed by atoms with Crippen LogP contribution in [0, 0.1) is 6.92 Å². The molecule has 0 aliphatic rings. The quantitative estimate of drug-likeness (QED) is 0.859. The molecule has 86 valence electrons. The number of aromatic nitrogens is 4. The minimum Gasteiger partial charge on any atom is -0.324 e. The molecule has 0 aromatic carbocycles. The molecule has 2 rings (SSSR count). The third kappa shape index (κ3) is 2.14. The highest BCUT2D eigenvalue weighted by molar-refractivity contribution is 5.85. The highest BCUT2D eigenvalue weighted by Crippen LogP contribution is 2.09. The van der Waals surface area contributed by atoms with Crippen LogP contribution in [0.25, 0.3) is 5.69 Å². The van der Waals surface area contributed by atoms with E-state index in [2.05, 4.69) is 15.1 Å². The SMILES string of the molecule is CCc1cc(-n2cncn2)c(C)[nH]c1=O.Cl. The molecular formula is C10H13ClN4O. The Morgan fingerprint density at radius 3 is 2.81 bits per heavy atom. The first-order chi connectivity index (χ1) is 7.22. The third-order valence-electron chi connectivity index (χ3n) is 2.33. The molecule has 0 atom stereocenters. The Bertz CT molecular complexity index is 518. The zero-order chi connectivity index (χ0) is 10.8. The highest BCUT2D eigenvalue weighted by Gasteiger charge is 2.06. The van der Waals surface area contributed by atoms with Crippen LogP contribution in [0.5, 0.6) is 0 Å². The fourth-order valence-corrected chi connectivity index (χ4v) is 1.49. The standard InChI is InChI=1S/C10H12N4O.ClH/c1-3-8-4-9(7(2)13-10(8)15)14-6-11-5-12-14;/h4-6H,3H2,1-2H3,(H,13,15);1H. The molecule has 5 nitrogen and oxygen atoms in total. The summed E-state index contributed by atoms with van der Waals surface area (Å²) >= 11 is 0. The van der Waals surface area contributed by atoms with Crippen molar-refractivity contribution in [2.24, 2.45) is 0 Å². The third-order valence-corrected chi connectivity index (χ3v) is 2.33. The number of aromatic amines is 1. The van der Waals surface area contributed by atoms with E-state index in [1.165, 1.54) is 6.33 Å². The average Bonchev–Trinajstić information content (AvgIpc) is 2.71. The summed E-state index contributed by atoms with van der Waals surface area (Å²) in [5.74, 6) is 0. The molecular weight excluding hydrogens is 228 g/mol. The van der Waals surface area contributed by atoms with Crippen LogP contribution in [0.1, 0.15) is 18.2 Å². The van der Waals surface area contributed by atoms with Crippen LogP contribution in [-0.4, -0.2) is 19.7 Å². The van der Waals surface area contributed by atoms with Gasteiger partial charge in [0.15, 0.2) is 0 Å². The van der Waals surface area contributed by atoms with E-state index in [1.807, 2.05) is 19.9 Å². The maximum Gasteiger partial charge on any atom is 0.251 e.